The van der Waals surface area contributed by atoms with E-state index >= 15 is 0 Å². The number of likely N-dealkylation sites (tertiary alicyclic amines) is 1. The molecule has 2 amide bonds. The summed E-state index contributed by atoms with van der Waals surface area (Å²) in [5, 5.41) is 9.67. The molecule has 2 aliphatic heterocycles. The predicted molar refractivity (Wildman–Crippen MR) is 122 cm³/mol. The topological polar surface area (TPSA) is 85.8 Å². The van der Waals surface area contributed by atoms with E-state index in [0.717, 1.165) is 35.3 Å². The number of para-hydroxylation sites is 1. The van der Waals surface area contributed by atoms with Crippen LogP contribution in [0.3, 0.4) is 0 Å². The van der Waals surface area contributed by atoms with Gasteiger partial charge in [0, 0.05) is 57.7 Å². The van der Waals surface area contributed by atoms with Gasteiger partial charge in [0.05, 0.1) is 0 Å². The summed E-state index contributed by atoms with van der Waals surface area (Å²) in [5.74, 6) is 1.06. The molecule has 1 unspecified atom stereocenters. The van der Waals surface area contributed by atoms with Gasteiger partial charge in [-0.15, -0.1) is 0 Å². The van der Waals surface area contributed by atoms with Crippen molar-refractivity contribution < 1.29 is 9.59 Å². The third-order valence-electron chi connectivity index (χ3n) is 5.94. The molecule has 2 aliphatic rings. The number of rotatable bonds is 6. The van der Waals surface area contributed by atoms with Crippen LogP contribution in [0.1, 0.15) is 41.9 Å². The number of anilines is 1. The first-order chi connectivity index (χ1) is 15.1. The summed E-state index contributed by atoms with van der Waals surface area (Å²) in [6.07, 6.45) is 2.05. The van der Waals surface area contributed by atoms with E-state index in [1.165, 1.54) is 0 Å². The molecule has 4 rings (SSSR count). The number of amides is 2. The Morgan fingerprint density at radius 3 is 2.65 bits per heavy atom. The van der Waals surface area contributed by atoms with E-state index in [0.29, 0.717) is 38.4 Å². The lowest BCUT2D eigenvalue weighted by atomic mass is 9.90. The van der Waals surface area contributed by atoms with Gasteiger partial charge >= 0.3 is 0 Å². The fourth-order valence-corrected chi connectivity index (χ4v) is 4.26. The van der Waals surface area contributed by atoms with Crippen molar-refractivity contribution in [1.29, 1.82) is 0 Å². The lowest BCUT2D eigenvalue weighted by Crippen LogP contribution is -2.40. The zero-order valence-electron chi connectivity index (χ0n) is 17.9. The minimum absolute atomic E-state index is 0.0406. The maximum absolute atomic E-state index is 12.1. The molecule has 3 N–H and O–H groups in total. The van der Waals surface area contributed by atoms with Crippen molar-refractivity contribution in [3.63, 3.8) is 0 Å². The average molecular weight is 420 g/mol. The molecule has 31 heavy (non-hydrogen) atoms. The SMILES string of the molecule is CN=C(NCc1ccccc1CN1CCCC1=O)NCC1CC(=O)Nc2ccccc21. The van der Waals surface area contributed by atoms with E-state index in [4.69, 9.17) is 0 Å². The fourth-order valence-electron chi connectivity index (χ4n) is 4.26. The second-order valence-corrected chi connectivity index (χ2v) is 8.03. The number of fused-ring (bicyclic) bond motifs is 1. The first-order valence-electron chi connectivity index (χ1n) is 10.8. The second-order valence-electron chi connectivity index (χ2n) is 8.03. The predicted octanol–water partition coefficient (Wildman–Crippen LogP) is 2.60. The van der Waals surface area contributed by atoms with Crippen LogP contribution in [0.4, 0.5) is 5.69 Å². The van der Waals surface area contributed by atoms with Gasteiger partial charge in [0.1, 0.15) is 0 Å². The maximum Gasteiger partial charge on any atom is 0.225 e. The smallest absolute Gasteiger partial charge is 0.225 e. The molecule has 0 radical (unpaired) electrons. The molecule has 2 aromatic carbocycles. The van der Waals surface area contributed by atoms with Crippen LogP contribution in [0.2, 0.25) is 0 Å². The Bertz CT molecular complexity index is 987. The summed E-state index contributed by atoms with van der Waals surface area (Å²) in [6.45, 7) is 2.71. The van der Waals surface area contributed by atoms with Gasteiger partial charge in [0.25, 0.3) is 0 Å². The normalized spacial score (nSPS) is 18.5. The van der Waals surface area contributed by atoms with Crippen LogP contribution in [-0.4, -0.2) is 42.8 Å². The first kappa shape index (κ1) is 20.9. The first-order valence-corrected chi connectivity index (χ1v) is 10.8. The Morgan fingerprint density at radius 2 is 1.87 bits per heavy atom. The van der Waals surface area contributed by atoms with Crippen molar-refractivity contribution in [2.24, 2.45) is 4.99 Å². The molecule has 0 aliphatic carbocycles. The lowest BCUT2D eigenvalue weighted by Gasteiger charge is -2.26. The van der Waals surface area contributed by atoms with Gasteiger partial charge in [-0.3, -0.25) is 14.6 Å². The summed E-state index contributed by atoms with van der Waals surface area (Å²) < 4.78 is 0. The van der Waals surface area contributed by atoms with E-state index in [-0.39, 0.29) is 17.7 Å². The van der Waals surface area contributed by atoms with Crippen LogP contribution in [-0.2, 0) is 22.7 Å². The molecule has 162 valence electrons. The summed E-state index contributed by atoms with van der Waals surface area (Å²) in [4.78, 5) is 30.3. The Labute approximate surface area is 182 Å². The number of carbonyl (C=O) groups is 2. The van der Waals surface area contributed by atoms with Gasteiger partial charge in [0.2, 0.25) is 11.8 Å². The number of benzene rings is 2. The van der Waals surface area contributed by atoms with Crippen LogP contribution >= 0.6 is 0 Å². The molecule has 0 spiro atoms. The van der Waals surface area contributed by atoms with Crippen molar-refractivity contribution >= 4 is 23.5 Å². The second kappa shape index (κ2) is 9.64. The van der Waals surface area contributed by atoms with Crippen molar-refractivity contribution in [2.45, 2.75) is 38.3 Å². The Balaban J connectivity index is 1.36. The molecule has 7 heteroatoms. The van der Waals surface area contributed by atoms with Crippen LogP contribution in [0.25, 0.3) is 0 Å². The molecule has 0 aromatic heterocycles. The van der Waals surface area contributed by atoms with Gasteiger partial charge in [-0.05, 0) is 29.2 Å². The maximum atomic E-state index is 12.1. The van der Waals surface area contributed by atoms with E-state index in [2.05, 4.69) is 39.1 Å². The highest BCUT2D eigenvalue weighted by molar-refractivity contribution is 5.94. The van der Waals surface area contributed by atoms with Gasteiger partial charge < -0.3 is 20.9 Å². The standard InChI is InChI=1S/C24H29N5O2/c1-25-24(27-15-19-13-22(30)28-21-10-5-4-9-20(19)21)26-14-17-7-2-3-8-18(17)16-29-12-6-11-23(29)31/h2-5,7-10,19H,6,11-16H2,1H3,(H,28,30)(H2,25,26,27). The minimum Gasteiger partial charge on any atom is -0.356 e. The van der Waals surface area contributed by atoms with Crippen molar-refractivity contribution in [2.75, 3.05) is 25.5 Å². The quantitative estimate of drug-likeness (QED) is 0.496. The molecule has 2 aromatic rings. The van der Waals surface area contributed by atoms with E-state index in [9.17, 15) is 9.59 Å². The fraction of sp³-hybridized carbons (Fsp3) is 0.375. The van der Waals surface area contributed by atoms with Gasteiger partial charge in [-0.25, -0.2) is 0 Å². The largest absolute Gasteiger partial charge is 0.356 e. The number of hydrogen-bond donors (Lipinski definition) is 3. The zero-order chi connectivity index (χ0) is 21.6. The number of nitrogens with zero attached hydrogens (tertiary/aromatic N) is 2. The Morgan fingerprint density at radius 1 is 1.10 bits per heavy atom. The number of aliphatic imine (C=N–C) groups is 1. The van der Waals surface area contributed by atoms with E-state index in [1.807, 2.05) is 35.2 Å². The van der Waals surface area contributed by atoms with Crippen LogP contribution < -0.4 is 16.0 Å². The van der Waals surface area contributed by atoms with E-state index in [1.54, 1.807) is 7.05 Å². The van der Waals surface area contributed by atoms with Crippen LogP contribution in [0.5, 0.6) is 0 Å². The number of carbonyl (C=O) groups excluding carboxylic acids is 2. The monoisotopic (exact) mass is 419 g/mol. The highest BCUT2D eigenvalue weighted by Crippen LogP contribution is 2.31. The third kappa shape index (κ3) is 5.05. The van der Waals surface area contributed by atoms with Gasteiger partial charge in [-0.1, -0.05) is 42.5 Å². The lowest BCUT2D eigenvalue weighted by molar-refractivity contribution is -0.128. The molecule has 2 heterocycles. The van der Waals surface area contributed by atoms with Crippen molar-refractivity contribution in [3.8, 4) is 0 Å². The zero-order valence-corrected chi connectivity index (χ0v) is 17.9. The highest BCUT2D eigenvalue weighted by Gasteiger charge is 2.25. The Hall–Kier alpha value is -3.35. The summed E-state index contributed by atoms with van der Waals surface area (Å²) in [6, 6.07) is 16.1. The number of guanidine groups is 1. The molecule has 1 atom stereocenters. The van der Waals surface area contributed by atoms with Gasteiger partial charge in [0.15, 0.2) is 5.96 Å². The molecule has 1 fully saturated rings. The average Bonchev–Trinajstić information content (AvgIpc) is 3.19. The van der Waals surface area contributed by atoms with Gasteiger partial charge in [-0.2, -0.15) is 0 Å². The highest BCUT2D eigenvalue weighted by atomic mass is 16.2. The van der Waals surface area contributed by atoms with Crippen molar-refractivity contribution in [1.82, 2.24) is 15.5 Å². The molecule has 0 saturated carbocycles. The van der Waals surface area contributed by atoms with Crippen molar-refractivity contribution in [3.05, 3.63) is 65.2 Å². The van der Waals surface area contributed by atoms with Crippen LogP contribution in [0, 0.1) is 0 Å². The third-order valence-corrected chi connectivity index (χ3v) is 5.94. The molecule has 0 bridgehead atoms. The van der Waals surface area contributed by atoms with Crippen LogP contribution in [0.15, 0.2) is 53.5 Å². The Kier molecular flexibility index (Phi) is 6.50. The summed E-state index contributed by atoms with van der Waals surface area (Å²) in [7, 11) is 1.74. The number of nitrogens with one attached hydrogen (secondary N) is 3. The summed E-state index contributed by atoms with van der Waals surface area (Å²) in [5.41, 5.74) is 4.33. The molecular formula is C24H29N5O2. The molecular weight excluding hydrogens is 390 g/mol. The summed E-state index contributed by atoms with van der Waals surface area (Å²) >= 11 is 0. The number of hydrogen-bond acceptors (Lipinski definition) is 3. The minimum atomic E-state index is 0.0406. The van der Waals surface area contributed by atoms with E-state index < -0.39 is 0 Å². The molecule has 7 nitrogen and oxygen atoms in total. The molecule has 1 saturated heterocycles.